The van der Waals surface area contributed by atoms with Gasteiger partial charge in [0.05, 0.1) is 12.3 Å². The molecule has 0 bridgehead atoms. The van der Waals surface area contributed by atoms with Gasteiger partial charge in [-0.2, -0.15) is 0 Å². The number of hydrogen-bond donors (Lipinski definition) is 1. The van der Waals surface area contributed by atoms with E-state index in [-0.39, 0.29) is 24.2 Å². The molecule has 0 unspecified atom stereocenters. The molecule has 2 heterocycles. The molecule has 0 spiro atoms. The van der Waals surface area contributed by atoms with E-state index in [9.17, 15) is 9.18 Å². The zero-order valence-corrected chi connectivity index (χ0v) is 17.2. The Bertz CT molecular complexity index is 1130. The Kier molecular flexibility index (Phi) is 5.73. The van der Waals surface area contributed by atoms with Crippen LogP contribution >= 0.6 is 11.3 Å². The third-order valence-electron chi connectivity index (χ3n) is 4.91. The fourth-order valence-electron chi connectivity index (χ4n) is 3.61. The van der Waals surface area contributed by atoms with Crippen molar-refractivity contribution < 1.29 is 18.7 Å². The second-order valence-electron chi connectivity index (χ2n) is 6.84. The van der Waals surface area contributed by atoms with Gasteiger partial charge in [0.2, 0.25) is 5.91 Å². The molecule has 6 heteroatoms. The number of amides is 1. The highest BCUT2D eigenvalue weighted by molar-refractivity contribution is 7.11. The van der Waals surface area contributed by atoms with Crippen molar-refractivity contribution in [3.8, 4) is 35.0 Å². The first kappa shape index (κ1) is 20.0. The molecule has 152 valence electrons. The number of terminal acetylenes is 1. The van der Waals surface area contributed by atoms with E-state index in [1.54, 1.807) is 17.4 Å². The molecule has 4 rings (SSSR count). The number of thiophene rings is 1. The first-order chi connectivity index (χ1) is 14.6. The maximum Gasteiger partial charge on any atom is 0.225 e. The third-order valence-corrected chi connectivity index (χ3v) is 6.00. The first-order valence-corrected chi connectivity index (χ1v) is 10.5. The average molecular weight is 421 g/mol. The van der Waals surface area contributed by atoms with Crippen molar-refractivity contribution in [2.75, 3.05) is 18.5 Å². The van der Waals surface area contributed by atoms with E-state index >= 15 is 0 Å². The molecule has 0 aliphatic carbocycles. The van der Waals surface area contributed by atoms with E-state index in [0.717, 1.165) is 27.3 Å². The number of nitrogens with one attached hydrogen (secondary N) is 1. The van der Waals surface area contributed by atoms with Crippen LogP contribution in [0.4, 0.5) is 10.1 Å². The van der Waals surface area contributed by atoms with Crippen molar-refractivity contribution in [2.24, 2.45) is 0 Å². The summed E-state index contributed by atoms with van der Waals surface area (Å²) in [4.78, 5) is 13.6. The van der Waals surface area contributed by atoms with Gasteiger partial charge in [-0.25, -0.2) is 4.39 Å². The predicted octanol–water partition coefficient (Wildman–Crippen LogP) is 5.44. The summed E-state index contributed by atoms with van der Waals surface area (Å²) in [5, 5.41) is 4.94. The van der Waals surface area contributed by atoms with Crippen LogP contribution in [0.5, 0.6) is 11.5 Å². The van der Waals surface area contributed by atoms with Crippen LogP contribution < -0.4 is 14.8 Å². The van der Waals surface area contributed by atoms with E-state index in [2.05, 4.69) is 11.2 Å². The second-order valence-corrected chi connectivity index (χ2v) is 7.75. The van der Waals surface area contributed by atoms with Gasteiger partial charge in [-0.3, -0.25) is 4.79 Å². The molecule has 30 heavy (non-hydrogen) atoms. The standard InChI is InChI=1S/C24H20FNO3S/c1-3-10-29-20-9-8-16(12-21(20)28-4-2)18-13-22(27)26-23-19(14-30-24(18)23)15-6-5-7-17(25)11-15/h1,5-9,11-12,14,18H,4,10,13H2,2H3,(H,26,27)/t18-/m0/s1. The van der Waals surface area contributed by atoms with Gasteiger partial charge >= 0.3 is 0 Å². The van der Waals surface area contributed by atoms with Crippen LogP contribution in [0.15, 0.2) is 47.8 Å². The van der Waals surface area contributed by atoms with Gasteiger partial charge in [0.15, 0.2) is 11.5 Å². The number of benzene rings is 2. The van der Waals surface area contributed by atoms with E-state index < -0.39 is 0 Å². The van der Waals surface area contributed by atoms with Gasteiger partial charge in [-0.1, -0.05) is 24.1 Å². The number of carbonyl (C=O) groups is 1. The second kappa shape index (κ2) is 8.60. The lowest BCUT2D eigenvalue weighted by Crippen LogP contribution is -2.22. The third kappa shape index (κ3) is 3.89. The molecule has 1 atom stereocenters. The molecule has 4 nitrogen and oxygen atoms in total. The Morgan fingerprint density at radius 3 is 2.87 bits per heavy atom. The largest absolute Gasteiger partial charge is 0.490 e. The summed E-state index contributed by atoms with van der Waals surface area (Å²) in [7, 11) is 0. The fraction of sp³-hybridized carbons (Fsp3) is 0.208. The summed E-state index contributed by atoms with van der Waals surface area (Å²) >= 11 is 1.56. The van der Waals surface area contributed by atoms with Crippen LogP contribution in [0.1, 0.15) is 29.7 Å². The van der Waals surface area contributed by atoms with Crippen LogP contribution in [0.3, 0.4) is 0 Å². The Morgan fingerprint density at radius 2 is 2.10 bits per heavy atom. The molecule has 2 aromatic carbocycles. The number of carbonyl (C=O) groups excluding carboxylic acids is 1. The smallest absolute Gasteiger partial charge is 0.225 e. The molecule has 0 radical (unpaired) electrons. The predicted molar refractivity (Wildman–Crippen MR) is 117 cm³/mol. The lowest BCUT2D eigenvalue weighted by molar-refractivity contribution is -0.116. The summed E-state index contributed by atoms with van der Waals surface area (Å²) < 4.78 is 25.0. The van der Waals surface area contributed by atoms with Crippen LogP contribution in [-0.2, 0) is 4.79 Å². The highest BCUT2D eigenvalue weighted by atomic mass is 32.1. The van der Waals surface area contributed by atoms with Gasteiger partial charge in [-0.05, 0) is 42.3 Å². The van der Waals surface area contributed by atoms with E-state index in [4.69, 9.17) is 15.9 Å². The minimum atomic E-state index is -0.310. The Hall–Kier alpha value is -3.30. The summed E-state index contributed by atoms with van der Waals surface area (Å²) in [6, 6.07) is 12.1. The number of fused-ring (bicyclic) bond motifs is 1. The number of ether oxygens (including phenoxy) is 2. The zero-order valence-electron chi connectivity index (χ0n) is 16.4. The first-order valence-electron chi connectivity index (χ1n) is 9.61. The van der Waals surface area contributed by atoms with Gasteiger partial charge in [0.1, 0.15) is 12.4 Å². The number of halogens is 1. The van der Waals surface area contributed by atoms with Crippen LogP contribution in [0.2, 0.25) is 0 Å². The summed E-state index contributed by atoms with van der Waals surface area (Å²) in [6.45, 7) is 2.53. The Labute approximate surface area is 178 Å². The van der Waals surface area contributed by atoms with Crippen molar-refractivity contribution in [3.63, 3.8) is 0 Å². The fourth-order valence-corrected chi connectivity index (χ4v) is 4.77. The molecule has 0 saturated heterocycles. The molecule has 0 fully saturated rings. The van der Waals surface area contributed by atoms with Crippen molar-refractivity contribution in [2.45, 2.75) is 19.3 Å². The molecular formula is C24H20FNO3S. The normalized spacial score (nSPS) is 15.1. The topological polar surface area (TPSA) is 47.6 Å². The van der Waals surface area contributed by atoms with Crippen LogP contribution in [0.25, 0.3) is 11.1 Å². The molecule has 0 saturated carbocycles. The Morgan fingerprint density at radius 1 is 1.23 bits per heavy atom. The van der Waals surface area contributed by atoms with Crippen molar-refractivity contribution in [3.05, 3.63) is 64.1 Å². The molecule has 3 aromatic rings. The summed E-state index contributed by atoms with van der Waals surface area (Å²) in [6.07, 6.45) is 5.62. The lowest BCUT2D eigenvalue weighted by Gasteiger charge is -2.24. The monoisotopic (exact) mass is 421 g/mol. The number of hydrogen-bond acceptors (Lipinski definition) is 4. The summed E-state index contributed by atoms with van der Waals surface area (Å²) in [5.41, 5.74) is 3.26. The summed E-state index contributed by atoms with van der Waals surface area (Å²) in [5.74, 6) is 3.11. The molecule has 1 aliphatic heterocycles. The number of anilines is 1. The zero-order chi connectivity index (χ0) is 21.1. The lowest BCUT2D eigenvalue weighted by atomic mass is 9.89. The highest BCUT2D eigenvalue weighted by Crippen LogP contribution is 2.47. The Balaban J connectivity index is 1.74. The number of rotatable bonds is 6. The van der Waals surface area contributed by atoms with Gasteiger partial charge in [0, 0.05) is 28.2 Å². The van der Waals surface area contributed by atoms with Crippen molar-refractivity contribution in [1.82, 2.24) is 0 Å². The highest BCUT2D eigenvalue weighted by Gasteiger charge is 2.31. The average Bonchev–Trinajstić information content (AvgIpc) is 3.16. The van der Waals surface area contributed by atoms with E-state index in [1.165, 1.54) is 12.1 Å². The maximum atomic E-state index is 13.7. The van der Waals surface area contributed by atoms with Crippen LogP contribution in [-0.4, -0.2) is 19.1 Å². The quantitative estimate of drug-likeness (QED) is 0.539. The van der Waals surface area contributed by atoms with Gasteiger partial charge in [0.25, 0.3) is 0 Å². The SMILES string of the molecule is C#CCOc1ccc([C@@H]2CC(=O)Nc3c(-c4cccc(F)c4)csc32)cc1OCC. The maximum absolute atomic E-state index is 13.7. The molecule has 1 amide bonds. The molecule has 1 aromatic heterocycles. The van der Waals surface area contributed by atoms with E-state index in [0.29, 0.717) is 24.5 Å². The van der Waals surface area contributed by atoms with Gasteiger partial charge in [-0.15, -0.1) is 17.8 Å². The van der Waals surface area contributed by atoms with Crippen molar-refractivity contribution >= 4 is 22.9 Å². The van der Waals surface area contributed by atoms with Crippen molar-refractivity contribution in [1.29, 1.82) is 0 Å². The minimum Gasteiger partial charge on any atom is -0.490 e. The molecular weight excluding hydrogens is 401 g/mol. The molecule has 1 aliphatic rings. The molecule has 1 N–H and O–H groups in total. The van der Waals surface area contributed by atoms with E-state index in [1.807, 2.05) is 36.6 Å². The van der Waals surface area contributed by atoms with Gasteiger partial charge < -0.3 is 14.8 Å². The van der Waals surface area contributed by atoms with Crippen LogP contribution in [0, 0.1) is 18.2 Å². The minimum absolute atomic E-state index is 0.0748.